The zero-order chi connectivity index (χ0) is 4.71. The van der Waals surface area contributed by atoms with Crippen LogP contribution in [0.4, 0.5) is 0 Å². The Morgan fingerprint density at radius 3 is 1.33 bits per heavy atom. The van der Waals surface area contributed by atoms with Gasteiger partial charge in [0, 0.05) is 0 Å². The van der Waals surface area contributed by atoms with Crippen LogP contribution in [0.15, 0.2) is 0 Å². The van der Waals surface area contributed by atoms with Gasteiger partial charge < -0.3 is 11.9 Å². The molecule has 5 heteroatoms. The van der Waals surface area contributed by atoms with Crippen LogP contribution in [0.2, 0.25) is 0 Å². The predicted octanol–water partition coefficient (Wildman–Crippen LogP) is 1.83. The van der Waals surface area contributed by atoms with Crippen molar-refractivity contribution in [1.29, 1.82) is 0 Å². The molecule has 0 saturated carbocycles. The molecule has 0 rings (SSSR count). The number of nitrogens with two attached hydrogens (primary N) is 2. The van der Waals surface area contributed by atoms with Gasteiger partial charge in [-0.05, 0) is 0 Å². The van der Waals surface area contributed by atoms with E-state index in [1.165, 1.54) is 0 Å². The molecule has 0 bridgehead atoms. The number of hydrogen-bond acceptors (Lipinski definition) is 1. The van der Waals surface area contributed by atoms with Crippen molar-refractivity contribution in [1.82, 2.24) is 0 Å². The van der Waals surface area contributed by atoms with Gasteiger partial charge in [-0.3, -0.25) is 7.05 Å². The smallest absolute Gasteiger partial charge is 0.693 e. The van der Waals surface area contributed by atoms with Crippen molar-refractivity contribution in [3.05, 3.63) is 13.2 Å². The van der Waals surface area contributed by atoms with E-state index in [-0.39, 0.29) is 6.15 Å². The first-order valence-electron chi connectivity index (χ1n) is 0.660. The monoisotopic (exact) mass is 175 g/mol. The minimum Gasteiger partial charge on any atom is -0.693 e. The van der Waals surface area contributed by atoms with Gasteiger partial charge in [0.05, 0.1) is 0 Å². The third kappa shape index (κ3) is 79.3. The van der Waals surface area contributed by atoms with Gasteiger partial charge in [-0.2, -0.15) is 0 Å². The van der Waals surface area contributed by atoms with Gasteiger partial charge in [0.2, 0.25) is 0 Å². The minimum atomic E-state index is 0. The molecule has 0 aromatic rings. The second-order valence-corrected chi connectivity index (χ2v) is 1.77. The molecule has 0 fully saturated rings. The quantitative estimate of drug-likeness (QED) is 0.562. The average Bonchev–Trinajstić information content (AvgIpc) is 1.46. The summed E-state index contributed by atoms with van der Waals surface area (Å²) in [6.45, 7) is 0. The van der Waals surface area contributed by atoms with Crippen molar-refractivity contribution < 1.29 is 12.9 Å². The Morgan fingerprint density at radius 1 is 1.33 bits per heavy atom. The van der Waals surface area contributed by atoms with E-state index in [9.17, 15) is 0 Å². The molecule has 0 aliphatic heterocycles. The van der Waals surface area contributed by atoms with Gasteiger partial charge in [-0.15, -0.1) is 0 Å². The predicted molar refractivity (Wildman–Crippen MR) is 26.5 cm³/mol. The van der Waals surface area contributed by atoms with E-state index in [0.717, 1.165) is 0 Å². The molecule has 0 aliphatic rings. The second kappa shape index (κ2) is 37.4. The van der Waals surface area contributed by atoms with E-state index in [1.54, 1.807) is 0 Å². The SMILES string of the molecule is [CH2-]N.[Cl][Co][Cl].[NH2-]. The first-order valence-corrected chi connectivity index (χ1v) is 3.53. The van der Waals surface area contributed by atoms with Crippen LogP contribution in [0, 0.1) is 7.05 Å². The molecular formula is CH6Cl2CoN2-2. The molecule has 0 atom stereocenters. The van der Waals surface area contributed by atoms with Gasteiger partial charge in [0.25, 0.3) is 0 Å². The van der Waals surface area contributed by atoms with Gasteiger partial charge in [0.15, 0.2) is 0 Å². The Labute approximate surface area is 52.4 Å². The molecule has 0 saturated heterocycles. The molecule has 0 radical (unpaired) electrons. The molecule has 45 valence electrons. The Hall–Kier alpha value is 1.01. The van der Waals surface area contributed by atoms with Gasteiger partial charge in [-0.25, -0.2) is 0 Å². The standard InChI is InChI=1S/CH4N.2ClH.Co.H2N/c1-2;;;;/h1-2H2;2*1H;;1H2/q-1;;;+2;-1/p-2. The summed E-state index contributed by atoms with van der Waals surface area (Å²) >= 11 is 0.382. The second-order valence-electron chi connectivity index (χ2n) is 0.0476. The van der Waals surface area contributed by atoms with Gasteiger partial charge in [-0.1, -0.05) is 0 Å². The fourth-order valence-electron chi connectivity index (χ4n) is 0. The van der Waals surface area contributed by atoms with Gasteiger partial charge in [0.1, 0.15) is 0 Å². The van der Waals surface area contributed by atoms with E-state index in [2.05, 4.69) is 12.8 Å². The third-order valence-electron chi connectivity index (χ3n) is 0. The summed E-state index contributed by atoms with van der Waals surface area (Å²) in [6.07, 6.45) is 0. The Morgan fingerprint density at radius 2 is 1.33 bits per heavy atom. The number of hydrogen-bond donors (Lipinski definition) is 1. The maximum Gasteiger partial charge on any atom is -0.693 e. The first kappa shape index (κ1) is 15.7. The summed E-state index contributed by atoms with van der Waals surface area (Å²) in [5.41, 5.74) is 4.25. The van der Waals surface area contributed by atoms with E-state index >= 15 is 0 Å². The molecule has 6 heavy (non-hydrogen) atoms. The Balaban J connectivity index is -0.0000000275. The molecule has 0 aromatic carbocycles. The minimum absolute atomic E-state index is 0. The molecule has 0 aliphatic carbocycles. The van der Waals surface area contributed by atoms with Crippen LogP contribution >= 0.6 is 20.3 Å². The zero-order valence-corrected chi connectivity index (χ0v) is 5.50. The topological polar surface area (TPSA) is 59.5 Å². The van der Waals surface area contributed by atoms with Crippen LogP contribution in [0.25, 0.3) is 6.15 Å². The maximum atomic E-state index is 4.73. The molecule has 0 spiro atoms. The number of halogens is 2. The fourth-order valence-corrected chi connectivity index (χ4v) is 0. The summed E-state index contributed by atoms with van der Waals surface area (Å²) < 4.78 is 0. The summed E-state index contributed by atoms with van der Waals surface area (Å²) in [5.74, 6) is 0. The Kier molecular flexibility index (Phi) is 98.1. The average molecular weight is 176 g/mol. The summed E-state index contributed by atoms with van der Waals surface area (Å²) in [7, 11) is 12.2. The summed E-state index contributed by atoms with van der Waals surface area (Å²) in [4.78, 5) is 0. The third-order valence-corrected chi connectivity index (χ3v) is 0. The van der Waals surface area contributed by atoms with Crippen LogP contribution in [0.5, 0.6) is 0 Å². The van der Waals surface area contributed by atoms with Crippen molar-refractivity contribution in [3.63, 3.8) is 0 Å². The molecule has 2 nitrogen and oxygen atoms in total. The van der Waals surface area contributed by atoms with E-state index in [0.29, 0.717) is 12.9 Å². The normalized spacial score (nSPS) is 4.67. The van der Waals surface area contributed by atoms with Crippen molar-refractivity contribution >= 4 is 20.3 Å². The summed E-state index contributed by atoms with van der Waals surface area (Å²) in [6, 6.07) is 0. The Bertz CT molecular complexity index is 11.5. The van der Waals surface area contributed by atoms with Gasteiger partial charge >= 0.3 is 33.2 Å². The van der Waals surface area contributed by atoms with Crippen molar-refractivity contribution in [2.75, 3.05) is 0 Å². The molecular weight excluding hydrogens is 170 g/mol. The zero-order valence-electron chi connectivity index (χ0n) is 2.95. The van der Waals surface area contributed by atoms with E-state index in [1.807, 2.05) is 0 Å². The van der Waals surface area contributed by atoms with Crippen molar-refractivity contribution in [2.45, 2.75) is 0 Å². The molecule has 0 amide bonds. The van der Waals surface area contributed by atoms with Crippen LogP contribution in [-0.2, 0) is 12.9 Å². The first-order chi connectivity index (χ1) is 2.41. The maximum absolute atomic E-state index is 4.73. The number of rotatable bonds is 0. The van der Waals surface area contributed by atoms with E-state index < -0.39 is 0 Å². The van der Waals surface area contributed by atoms with Crippen molar-refractivity contribution in [3.8, 4) is 0 Å². The molecule has 0 heterocycles. The largest absolute Gasteiger partial charge is 0.693 e. The van der Waals surface area contributed by atoms with Crippen molar-refractivity contribution in [2.24, 2.45) is 5.73 Å². The van der Waals surface area contributed by atoms with Crippen LogP contribution in [0.1, 0.15) is 0 Å². The van der Waals surface area contributed by atoms with E-state index in [4.69, 9.17) is 20.3 Å². The fraction of sp³-hybridized carbons (Fsp3) is 0. The molecule has 4 N–H and O–H groups in total. The van der Waals surface area contributed by atoms with Crippen LogP contribution in [-0.4, -0.2) is 0 Å². The van der Waals surface area contributed by atoms with Crippen LogP contribution in [0.3, 0.4) is 0 Å². The molecule has 0 aromatic heterocycles. The van der Waals surface area contributed by atoms with Crippen LogP contribution < -0.4 is 5.73 Å². The molecule has 0 unspecified atom stereocenters. The summed E-state index contributed by atoms with van der Waals surface area (Å²) in [5, 5.41) is 0.